The number of hydrogen-bond acceptors (Lipinski definition) is 5. The molecule has 138 valence electrons. The van der Waals surface area contributed by atoms with Crippen molar-refractivity contribution in [1.29, 1.82) is 0 Å². The summed E-state index contributed by atoms with van der Waals surface area (Å²) in [6, 6.07) is 1.99. The monoisotopic (exact) mass is 357 g/mol. The Kier molecular flexibility index (Phi) is 5.13. The van der Waals surface area contributed by atoms with Gasteiger partial charge in [-0.05, 0) is 50.8 Å². The van der Waals surface area contributed by atoms with Crippen LogP contribution in [0.2, 0.25) is 0 Å². The molecule has 0 spiro atoms. The Morgan fingerprint density at radius 2 is 1.92 bits per heavy atom. The van der Waals surface area contributed by atoms with Crippen LogP contribution in [0, 0.1) is 20.8 Å². The molecule has 0 saturated heterocycles. The molecule has 2 heterocycles. The highest BCUT2D eigenvalue weighted by Gasteiger charge is 2.17. The molecule has 0 aliphatic rings. The van der Waals surface area contributed by atoms with Gasteiger partial charge in [-0.25, -0.2) is 4.79 Å². The molecular weight excluding hydrogens is 334 g/mol. The van der Waals surface area contributed by atoms with Crippen LogP contribution in [0.15, 0.2) is 26.0 Å². The second-order valence-electron chi connectivity index (χ2n) is 6.59. The molecule has 3 rings (SSSR count). The summed E-state index contributed by atoms with van der Waals surface area (Å²) in [6.45, 7) is 6.21. The first-order valence-electron chi connectivity index (χ1n) is 8.75. The van der Waals surface area contributed by atoms with E-state index in [0.29, 0.717) is 30.5 Å². The summed E-state index contributed by atoms with van der Waals surface area (Å²) in [5, 5.41) is 13.3. The zero-order valence-electron chi connectivity index (χ0n) is 15.3. The molecule has 2 aromatic heterocycles. The predicted molar refractivity (Wildman–Crippen MR) is 99.5 cm³/mol. The Hall–Kier alpha value is -2.60. The summed E-state index contributed by atoms with van der Waals surface area (Å²) < 4.78 is 11.2. The summed E-state index contributed by atoms with van der Waals surface area (Å²) in [4.78, 5) is 24.3. The lowest BCUT2D eigenvalue weighted by Crippen LogP contribution is -2.26. The summed E-state index contributed by atoms with van der Waals surface area (Å²) in [6.07, 6.45) is 2.73. The number of carbonyl (C=O) groups is 1. The van der Waals surface area contributed by atoms with Crippen molar-refractivity contribution >= 4 is 27.8 Å². The van der Waals surface area contributed by atoms with Crippen molar-refractivity contribution < 1.29 is 18.7 Å². The van der Waals surface area contributed by atoms with Crippen LogP contribution in [0.1, 0.15) is 35.1 Å². The standard InChI is InChI=1S/C20H23NO5/c1-11-10-25-18-13(3)19-16(9-15(11)18)12(2)14(20(24)26-19)5-6-17(23)21-7-4-8-22/h9-10,22H,4-8H2,1-3H3,(H,21,23). The van der Waals surface area contributed by atoms with Gasteiger partial charge in [0.25, 0.3) is 0 Å². The fourth-order valence-corrected chi connectivity index (χ4v) is 3.24. The van der Waals surface area contributed by atoms with Crippen LogP contribution in [0.4, 0.5) is 0 Å². The molecule has 1 amide bonds. The van der Waals surface area contributed by atoms with E-state index in [4.69, 9.17) is 13.9 Å². The van der Waals surface area contributed by atoms with E-state index in [1.54, 1.807) is 6.26 Å². The van der Waals surface area contributed by atoms with E-state index in [2.05, 4.69) is 5.32 Å². The van der Waals surface area contributed by atoms with Crippen molar-refractivity contribution in [1.82, 2.24) is 5.32 Å². The lowest BCUT2D eigenvalue weighted by Gasteiger charge is -2.10. The quantitative estimate of drug-likeness (QED) is 0.523. The van der Waals surface area contributed by atoms with Crippen LogP contribution in [-0.4, -0.2) is 24.2 Å². The third kappa shape index (κ3) is 3.24. The fourth-order valence-electron chi connectivity index (χ4n) is 3.24. The first-order valence-corrected chi connectivity index (χ1v) is 8.75. The van der Waals surface area contributed by atoms with Crippen LogP contribution in [-0.2, 0) is 11.2 Å². The average molecular weight is 357 g/mol. The number of aryl methyl sites for hydroxylation is 3. The molecule has 0 radical (unpaired) electrons. The molecule has 0 unspecified atom stereocenters. The first-order chi connectivity index (χ1) is 12.4. The molecule has 1 aromatic carbocycles. The van der Waals surface area contributed by atoms with E-state index < -0.39 is 5.63 Å². The molecule has 2 N–H and O–H groups in total. The number of hydrogen-bond donors (Lipinski definition) is 2. The zero-order valence-corrected chi connectivity index (χ0v) is 15.3. The van der Waals surface area contributed by atoms with E-state index in [0.717, 1.165) is 33.0 Å². The zero-order chi connectivity index (χ0) is 18.8. The summed E-state index contributed by atoms with van der Waals surface area (Å²) in [7, 11) is 0. The summed E-state index contributed by atoms with van der Waals surface area (Å²) >= 11 is 0. The molecule has 0 aliphatic carbocycles. The van der Waals surface area contributed by atoms with Crippen LogP contribution in [0.25, 0.3) is 21.9 Å². The van der Waals surface area contributed by atoms with Crippen molar-refractivity contribution in [2.24, 2.45) is 0 Å². The lowest BCUT2D eigenvalue weighted by atomic mass is 9.98. The highest BCUT2D eigenvalue weighted by Crippen LogP contribution is 2.32. The maximum atomic E-state index is 12.5. The normalized spacial score (nSPS) is 11.4. The van der Waals surface area contributed by atoms with Crippen molar-refractivity contribution in [3.05, 3.63) is 45.0 Å². The van der Waals surface area contributed by atoms with Gasteiger partial charge in [-0.15, -0.1) is 0 Å². The van der Waals surface area contributed by atoms with E-state index in [1.807, 2.05) is 26.8 Å². The number of amides is 1. The van der Waals surface area contributed by atoms with Crippen molar-refractivity contribution in [3.8, 4) is 0 Å². The van der Waals surface area contributed by atoms with Crippen LogP contribution in [0.5, 0.6) is 0 Å². The van der Waals surface area contributed by atoms with Crippen molar-refractivity contribution in [3.63, 3.8) is 0 Å². The number of furan rings is 1. The largest absolute Gasteiger partial charge is 0.464 e. The Labute approximate surface area is 150 Å². The van der Waals surface area contributed by atoms with Crippen molar-refractivity contribution in [2.75, 3.05) is 13.2 Å². The minimum absolute atomic E-state index is 0.0366. The van der Waals surface area contributed by atoms with Gasteiger partial charge in [0.05, 0.1) is 6.26 Å². The SMILES string of the molecule is Cc1coc2c(C)c3oc(=O)c(CCC(=O)NCCCO)c(C)c3cc12. The van der Waals surface area contributed by atoms with E-state index in [9.17, 15) is 9.59 Å². The molecule has 6 nitrogen and oxygen atoms in total. The predicted octanol–water partition coefficient (Wildman–Crippen LogP) is 2.90. The summed E-state index contributed by atoms with van der Waals surface area (Å²) in [5.41, 5.74) is 4.04. The smallest absolute Gasteiger partial charge is 0.339 e. The minimum Gasteiger partial charge on any atom is -0.464 e. The molecule has 3 aromatic rings. The minimum atomic E-state index is -0.413. The Bertz CT molecular complexity index is 1030. The van der Waals surface area contributed by atoms with Crippen molar-refractivity contribution in [2.45, 2.75) is 40.0 Å². The first kappa shape index (κ1) is 18.2. The Morgan fingerprint density at radius 1 is 1.15 bits per heavy atom. The van der Waals surface area contributed by atoms with Gasteiger partial charge in [0.2, 0.25) is 5.91 Å². The molecule has 0 aliphatic heterocycles. The number of nitrogens with one attached hydrogen (secondary N) is 1. The van der Waals surface area contributed by atoms with Crippen LogP contribution >= 0.6 is 0 Å². The van der Waals surface area contributed by atoms with Gasteiger partial charge in [0.15, 0.2) is 0 Å². The molecule has 0 atom stereocenters. The highest BCUT2D eigenvalue weighted by atomic mass is 16.4. The van der Waals surface area contributed by atoms with E-state index in [-0.39, 0.29) is 18.9 Å². The van der Waals surface area contributed by atoms with Crippen LogP contribution < -0.4 is 10.9 Å². The second kappa shape index (κ2) is 7.33. The molecular formula is C20H23NO5. The van der Waals surface area contributed by atoms with E-state index >= 15 is 0 Å². The molecule has 0 saturated carbocycles. The Balaban J connectivity index is 1.96. The van der Waals surface area contributed by atoms with Gasteiger partial charge >= 0.3 is 5.63 Å². The number of aliphatic hydroxyl groups excluding tert-OH is 1. The number of benzene rings is 1. The van der Waals surface area contributed by atoms with E-state index in [1.165, 1.54) is 0 Å². The van der Waals surface area contributed by atoms with Crippen LogP contribution in [0.3, 0.4) is 0 Å². The third-order valence-electron chi connectivity index (χ3n) is 4.79. The maximum absolute atomic E-state index is 12.5. The topological polar surface area (TPSA) is 92.7 Å². The number of aliphatic hydroxyl groups is 1. The van der Waals surface area contributed by atoms with Gasteiger partial charge in [0, 0.05) is 41.5 Å². The molecule has 26 heavy (non-hydrogen) atoms. The third-order valence-corrected chi connectivity index (χ3v) is 4.79. The van der Waals surface area contributed by atoms with Gasteiger partial charge in [0.1, 0.15) is 11.2 Å². The number of fused-ring (bicyclic) bond motifs is 2. The summed E-state index contributed by atoms with van der Waals surface area (Å²) in [5.74, 6) is -0.144. The Morgan fingerprint density at radius 3 is 2.65 bits per heavy atom. The average Bonchev–Trinajstić information content (AvgIpc) is 2.98. The fraction of sp³-hybridized carbons (Fsp3) is 0.400. The molecule has 6 heteroatoms. The second-order valence-corrected chi connectivity index (χ2v) is 6.59. The number of carbonyl (C=O) groups excluding carboxylic acids is 1. The molecule has 0 bridgehead atoms. The number of rotatable bonds is 6. The van der Waals surface area contributed by atoms with Gasteiger partial charge < -0.3 is 19.3 Å². The van der Waals surface area contributed by atoms with Gasteiger partial charge in [-0.3, -0.25) is 4.79 Å². The maximum Gasteiger partial charge on any atom is 0.339 e. The van der Waals surface area contributed by atoms with Gasteiger partial charge in [-0.2, -0.15) is 0 Å². The van der Waals surface area contributed by atoms with Gasteiger partial charge in [-0.1, -0.05) is 0 Å². The highest BCUT2D eigenvalue weighted by molar-refractivity contribution is 5.99. The molecule has 0 fully saturated rings. The lowest BCUT2D eigenvalue weighted by molar-refractivity contribution is -0.121.